The van der Waals surface area contributed by atoms with Crippen LogP contribution >= 0.6 is 0 Å². The SMILES string of the molecule is CC(Cc1cccc(F)c1OCC(F)(F)F)C(=O)O. The number of para-hydroxylation sites is 1. The van der Waals surface area contributed by atoms with E-state index in [0.29, 0.717) is 0 Å². The van der Waals surface area contributed by atoms with Crippen LogP contribution in [0.5, 0.6) is 5.75 Å². The lowest BCUT2D eigenvalue weighted by Gasteiger charge is -2.15. The molecule has 1 N–H and O–H groups in total. The van der Waals surface area contributed by atoms with Crippen LogP contribution in [-0.2, 0) is 11.2 Å². The second-order valence-electron chi connectivity index (χ2n) is 4.08. The van der Waals surface area contributed by atoms with Gasteiger partial charge in [0.05, 0.1) is 5.92 Å². The van der Waals surface area contributed by atoms with Gasteiger partial charge in [-0.05, 0) is 18.1 Å². The standard InChI is InChI=1S/C12H12F4O3/c1-7(11(17)18)5-8-3-2-4-9(13)10(8)19-6-12(14,15)16/h2-4,7H,5-6H2,1H3,(H,17,18). The average molecular weight is 280 g/mol. The Morgan fingerprint density at radius 2 is 2.05 bits per heavy atom. The van der Waals surface area contributed by atoms with E-state index < -0.39 is 36.2 Å². The number of ether oxygens (including phenoxy) is 1. The predicted molar refractivity (Wildman–Crippen MR) is 58.5 cm³/mol. The third-order valence-corrected chi connectivity index (χ3v) is 2.38. The Balaban J connectivity index is 2.92. The van der Waals surface area contributed by atoms with Gasteiger partial charge >= 0.3 is 12.1 Å². The number of carboxylic acid groups (broad SMARTS) is 1. The number of carbonyl (C=O) groups is 1. The fourth-order valence-corrected chi connectivity index (χ4v) is 1.45. The molecular weight excluding hydrogens is 268 g/mol. The van der Waals surface area contributed by atoms with Crippen molar-refractivity contribution >= 4 is 5.97 Å². The van der Waals surface area contributed by atoms with Gasteiger partial charge < -0.3 is 9.84 Å². The second-order valence-corrected chi connectivity index (χ2v) is 4.08. The molecule has 0 fully saturated rings. The molecule has 7 heteroatoms. The van der Waals surface area contributed by atoms with Crippen molar-refractivity contribution in [3.05, 3.63) is 29.6 Å². The summed E-state index contributed by atoms with van der Waals surface area (Å²) in [4.78, 5) is 10.7. The number of hydrogen-bond acceptors (Lipinski definition) is 2. The number of carboxylic acids is 1. The van der Waals surface area contributed by atoms with Crippen molar-refractivity contribution < 1.29 is 32.2 Å². The lowest BCUT2D eigenvalue weighted by molar-refractivity contribution is -0.154. The Labute approximate surface area is 106 Å². The molecule has 106 valence electrons. The van der Waals surface area contributed by atoms with E-state index in [9.17, 15) is 22.4 Å². The first kappa shape index (κ1) is 15.3. The molecule has 0 bridgehead atoms. The highest BCUT2D eigenvalue weighted by Crippen LogP contribution is 2.27. The maximum atomic E-state index is 13.4. The number of alkyl halides is 3. The topological polar surface area (TPSA) is 46.5 Å². The fourth-order valence-electron chi connectivity index (χ4n) is 1.45. The van der Waals surface area contributed by atoms with Crippen molar-refractivity contribution in [3.63, 3.8) is 0 Å². The second kappa shape index (κ2) is 5.90. The molecule has 19 heavy (non-hydrogen) atoms. The van der Waals surface area contributed by atoms with Crippen molar-refractivity contribution in [2.75, 3.05) is 6.61 Å². The molecule has 0 saturated heterocycles. The van der Waals surface area contributed by atoms with Crippen LogP contribution in [0.1, 0.15) is 12.5 Å². The lowest BCUT2D eigenvalue weighted by Crippen LogP contribution is -2.21. The summed E-state index contributed by atoms with van der Waals surface area (Å²) < 4.78 is 54.0. The van der Waals surface area contributed by atoms with Crippen LogP contribution in [0.4, 0.5) is 17.6 Å². The number of aliphatic carboxylic acids is 1. The van der Waals surface area contributed by atoms with E-state index in [2.05, 4.69) is 4.74 Å². The van der Waals surface area contributed by atoms with E-state index in [1.165, 1.54) is 19.1 Å². The molecule has 0 amide bonds. The summed E-state index contributed by atoms with van der Waals surface area (Å²) in [5.41, 5.74) is 0.0964. The van der Waals surface area contributed by atoms with E-state index in [0.717, 1.165) is 6.07 Å². The molecule has 1 unspecified atom stereocenters. The maximum Gasteiger partial charge on any atom is 0.422 e. The zero-order chi connectivity index (χ0) is 14.6. The highest BCUT2D eigenvalue weighted by Gasteiger charge is 2.29. The van der Waals surface area contributed by atoms with Crippen LogP contribution in [-0.4, -0.2) is 23.9 Å². The number of benzene rings is 1. The summed E-state index contributed by atoms with van der Waals surface area (Å²) in [6, 6.07) is 3.59. The van der Waals surface area contributed by atoms with Crippen molar-refractivity contribution in [2.45, 2.75) is 19.5 Å². The van der Waals surface area contributed by atoms with Crippen molar-refractivity contribution in [1.29, 1.82) is 0 Å². The van der Waals surface area contributed by atoms with Gasteiger partial charge in [0.15, 0.2) is 18.2 Å². The van der Waals surface area contributed by atoms with E-state index in [1.54, 1.807) is 0 Å². The number of halogens is 4. The quantitative estimate of drug-likeness (QED) is 0.843. The van der Waals surface area contributed by atoms with Gasteiger partial charge in [-0.3, -0.25) is 4.79 Å². The largest absolute Gasteiger partial charge is 0.481 e. The fraction of sp³-hybridized carbons (Fsp3) is 0.417. The molecule has 0 radical (unpaired) electrons. The third-order valence-electron chi connectivity index (χ3n) is 2.38. The van der Waals surface area contributed by atoms with Gasteiger partial charge in [-0.1, -0.05) is 19.1 Å². The van der Waals surface area contributed by atoms with Gasteiger partial charge in [0.2, 0.25) is 0 Å². The first-order valence-electron chi connectivity index (χ1n) is 5.40. The van der Waals surface area contributed by atoms with Gasteiger partial charge in [0.25, 0.3) is 0 Å². The van der Waals surface area contributed by atoms with Crippen LogP contribution in [0.25, 0.3) is 0 Å². The minimum absolute atomic E-state index is 0.0964. The van der Waals surface area contributed by atoms with Crippen LogP contribution < -0.4 is 4.74 Å². The predicted octanol–water partition coefficient (Wildman–Crippen LogP) is 3.03. The maximum absolute atomic E-state index is 13.4. The zero-order valence-electron chi connectivity index (χ0n) is 10.00. The van der Waals surface area contributed by atoms with E-state index in [1.807, 2.05) is 0 Å². The monoisotopic (exact) mass is 280 g/mol. The molecule has 0 aliphatic carbocycles. The van der Waals surface area contributed by atoms with Crippen LogP contribution in [0.3, 0.4) is 0 Å². The molecule has 0 aliphatic rings. The Morgan fingerprint density at radius 1 is 1.42 bits per heavy atom. The summed E-state index contributed by atoms with van der Waals surface area (Å²) in [5, 5.41) is 8.75. The molecule has 0 aromatic heterocycles. The summed E-state index contributed by atoms with van der Waals surface area (Å²) in [7, 11) is 0. The zero-order valence-corrected chi connectivity index (χ0v) is 10.00. The summed E-state index contributed by atoms with van der Waals surface area (Å²) in [6.45, 7) is -0.247. The average Bonchev–Trinajstić information content (AvgIpc) is 2.26. The van der Waals surface area contributed by atoms with Gasteiger partial charge in [0.1, 0.15) is 0 Å². The molecule has 0 heterocycles. The normalized spacial score (nSPS) is 13.1. The Morgan fingerprint density at radius 3 is 2.58 bits per heavy atom. The molecule has 1 aromatic carbocycles. The van der Waals surface area contributed by atoms with E-state index in [4.69, 9.17) is 5.11 Å². The molecule has 1 aromatic rings. The van der Waals surface area contributed by atoms with Crippen molar-refractivity contribution in [3.8, 4) is 5.75 Å². The molecule has 0 spiro atoms. The van der Waals surface area contributed by atoms with Gasteiger partial charge in [0, 0.05) is 0 Å². The molecule has 1 atom stereocenters. The summed E-state index contributed by atoms with van der Waals surface area (Å²) >= 11 is 0. The molecule has 1 rings (SSSR count). The van der Waals surface area contributed by atoms with Gasteiger partial charge in [-0.15, -0.1) is 0 Å². The van der Waals surface area contributed by atoms with Gasteiger partial charge in [-0.2, -0.15) is 13.2 Å². The number of rotatable bonds is 5. The lowest BCUT2D eigenvalue weighted by atomic mass is 10.0. The van der Waals surface area contributed by atoms with Crippen molar-refractivity contribution in [1.82, 2.24) is 0 Å². The smallest absolute Gasteiger partial charge is 0.422 e. The summed E-state index contributed by atoms with van der Waals surface area (Å²) in [5.74, 6) is -3.46. The molecule has 3 nitrogen and oxygen atoms in total. The van der Waals surface area contributed by atoms with Gasteiger partial charge in [-0.25, -0.2) is 4.39 Å². The molecule has 0 aliphatic heterocycles. The number of hydrogen-bond donors (Lipinski definition) is 1. The first-order chi connectivity index (χ1) is 8.70. The third kappa shape index (κ3) is 4.76. The first-order valence-corrected chi connectivity index (χ1v) is 5.40. The van der Waals surface area contributed by atoms with Crippen LogP contribution in [0, 0.1) is 11.7 Å². The van der Waals surface area contributed by atoms with Crippen LogP contribution in [0.15, 0.2) is 18.2 Å². The minimum Gasteiger partial charge on any atom is -0.481 e. The summed E-state index contributed by atoms with van der Waals surface area (Å²) in [6.07, 6.45) is -4.70. The Bertz CT molecular complexity index is 457. The highest BCUT2D eigenvalue weighted by atomic mass is 19.4. The molecular formula is C12H12F4O3. The minimum atomic E-state index is -4.59. The van der Waals surface area contributed by atoms with E-state index >= 15 is 0 Å². The Hall–Kier alpha value is -1.79. The molecule has 0 saturated carbocycles. The Kier molecular flexibility index (Phi) is 4.74. The van der Waals surface area contributed by atoms with Crippen molar-refractivity contribution in [2.24, 2.45) is 5.92 Å². The van der Waals surface area contributed by atoms with Crippen LogP contribution in [0.2, 0.25) is 0 Å². The highest BCUT2D eigenvalue weighted by molar-refractivity contribution is 5.70. The van der Waals surface area contributed by atoms with E-state index in [-0.39, 0.29) is 12.0 Å².